The number of hydrogen-bond acceptors (Lipinski definition) is 6. The monoisotopic (exact) mass is 402 g/mol. The Morgan fingerprint density at radius 1 is 1.34 bits per heavy atom. The zero-order valence-corrected chi connectivity index (χ0v) is 17.0. The van der Waals surface area contributed by atoms with Crippen molar-refractivity contribution in [1.82, 2.24) is 9.94 Å². The Hall–Kier alpha value is -1.70. The Morgan fingerprint density at radius 3 is 2.83 bits per heavy atom. The first-order chi connectivity index (χ1) is 13.7. The molecule has 0 spiro atoms. The molecule has 0 aliphatic heterocycles. The van der Waals surface area contributed by atoms with Crippen LogP contribution in [0.2, 0.25) is 0 Å². The summed E-state index contributed by atoms with van der Waals surface area (Å²) >= 11 is 0. The van der Waals surface area contributed by atoms with Crippen LogP contribution in [-0.2, 0) is 11.2 Å². The van der Waals surface area contributed by atoms with Crippen LogP contribution in [0.1, 0.15) is 57.2 Å². The molecule has 3 saturated carbocycles. The molecule has 7 atom stereocenters. The lowest BCUT2D eigenvalue weighted by molar-refractivity contribution is -0.181. The number of rotatable bonds is 2. The third kappa shape index (κ3) is 2.24. The summed E-state index contributed by atoms with van der Waals surface area (Å²) in [7, 11) is 0. The topological polar surface area (TPSA) is 116 Å². The number of hydrogen-bond donors (Lipinski definition) is 4. The van der Waals surface area contributed by atoms with Crippen LogP contribution in [0.3, 0.4) is 0 Å². The number of carbonyl (C=O) groups is 1. The van der Waals surface area contributed by atoms with Crippen molar-refractivity contribution in [2.75, 3.05) is 6.61 Å². The molecule has 7 nitrogen and oxygen atoms in total. The van der Waals surface area contributed by atoms with Crippen LogP contribution in [0.25, 0.3) is 6.08 Å². The number of Topliss-reactive ketones (excluding diaryl/α,β-unsaturated/α-hetero) is 1. The summed E-state index contributed by atoms with van der Waals surface area (Å²) in [6.45, 7) is 3.47. The molecule has 4 N–H and O–H groups in total. The summed E-state index contributed by atoms with van der Waals surface area (Å²) in [4.78, 5) is 13.4. The minimum atomic E-state index is -1.56. The number of aliphatic hydroxyl groups excluding tert-OH is 2. The molecular formula is C22H30N2O5. The maximum absolute atomic E-state index is 12.5. The molecular weight excluding hydrogens is 372 g/mol. The molecule has 7 heteroatoms. The molecule has 0 radical (unpaired) electrons. The molecule has 0 amide bonds. The molecule has 5 rings (SSSR count). The maximum Gasteiger partial charge on any atom is 0.190 e. The summed E-state index contributed by atoms with van der Waals surface area (Å²) in [5.41, 5.74) is 0.438. The van der Waals surface area contributed by atoms with E-state index in [1.807, 2.05) is 13.0 Å². The average molecular weight is 402 g/mol. The summed E-state index contributed by atoms with van der Waals surface area (Å²) in [6, 6.07) is 0. The van der Waals surface area contributed by atoms with Crippen LogP contribution in [-0.4, -0.2) is 54.6 Å². The predicted octanol–water partition coefficient (Wildman–Crippen LogP) is 1.57. The molecule has 0 bridgehead atoms. The number of carbonyl (C=O) groups excluding carboxylic acids is 1. The van der Waals surface area contributed by atoms with Crippen LogP contribution in [0, 0.1) is 28.6 Å². The van der Waals surface area contributed by atoms with Crippen molar-refractivity contribution in [3.63, 3.8) is 0 Å². The minimum Gasteiger partial charge on any atom is -0.411 e. The van der Waals surface area contributed by atoms with E-state index in [1.165, 1.54) is 5.57 Å². The summed E-state index contributed by atoms with van der Waals surface area (Å²) < 4.78 is 0. The number of nitrogens with zero attached hydrogens (tertiary/aromatic N) is 2. The lowest BCUT2D eigenvalue weighted by Crippen LogP contribution is -2.62. The third-order valence-electron chi connectivity index (χ3n) is 9.16. The van der Waals surface area contributed by atoms with Gasteiger partial charge in [0.05, 0.1) is 12.3 Å². The fraction of sp³-hybridized carbons (Fsp3) is 0.727. The first-order valence-corrected chi connectivity index (χ1v) is 10.7. The van der Waals surface area contributed by atoms with Crippen molar-refractivity contribution in [3.05, 3.63) is 23.0 Å². The van der Waals surface area contributed by atoms with Crippen molar-refractivity contribution in [2.45, 2.75) is 64.1 Å². The third-order valence-corrected chi connectivity index (χ3v) is 9.16. The summed E-state index contributed by atoms with van der Waals surface area (Å²) in [6.07, 6.45) is 7.01. The van der Waals surface area contributed by atoms with Gasteiger partial charge in [-0.15, -0.1) is 9.94 Å². The number of fused-ring (bicyclic) bond motifs is 6. The molecule has 1 aromatic heterocycles. The van der Waals surface area contributed by atoms with E-state index in [0.717, 1.165) is 41.8 Å². The molecule has 0 unspecified atom stereocenters. The van der Waals surface area contributed by atoms with E-state index >= 15 is 0 Å². The van der Waals surface area contributed by atoms with Gasteiger partial charge in [-0.1, -0.05) is 19.4 Å². The van der Waals surface area contributed by atoms with E-state index in [-0.39, 0.29) is 23.2 Å². The Morgan fingerprint density at radius 2 is 2.10 bits per heavy atom. The van der Waals surface area contributed by atoms with Gasteiger partial charge in [0.25, 0.3) is 0 Å². The molecule has 4 aliphatic rings. The van der Waals surface area contributed by atoms with Crippen LogP contribution in [0.4, 0.5) is 0 Å². The smallest absolute Gasteiger partial charge is 0.190 e. The van der Waals surface area contributed by atoms with E-state index in [0.29, 0.717) is 12.8 Å². The molecule has 4 aliphatic carbocycles. The number of aromatic nitrogens is 2. The number of allylic oxidation sites excluding steroid dienone is 1. The minimum absolute atomic E-state index is 0.0300. The average Bonchev–Trinajstić information content (AvgIpc) is 3.16. The van der Waals surface area contributed by atoms with Gasteiger partial charge >= 0.3 is 0 Å². The fourth-order valence-corrected chi connectivity index (χ4v) is 7.76. The van der Waals surface area contributed by atoms with E-state index in [1.54, 1.807) is 6.20 Å². The van der Waals surface area contributed by atoms with Crippen molar-refractivity contribution in [3.8, 4) is 0 Å². The Bertz CT molecular complexity index is 909. The van der Waals surface area contributed by atoms with Gasteiger partial charge in [-0.3, -0.25) is 4.79 Å². The second-order valence-electron chi connectivity index (χ2n) is 10.2. The highest BCUT2D eigenvalue weighted by Crippen LogP contribution is 2.67. The van der Waals surface area contributed by atoms with Crippen molar-refractivity contribution in [2.24, 2.45) is 28.6 Å². The van der Waals surface area contributed by atoms with Gasteiger partial charge in [0, 0.05) is 11.0 Å². The molecule has 0 saturated heterocycles. The Labute approximate surface area is 170 Å². The van der Waals surface area contributed by atoms with Crippen LogP contribution >= 0.6 is 0 Å². The Balaban J connectivity index is 1.55. The summed E-state index contributed by atoms with van der Waals surface area (Å²) in [5.74, 6) is -0.148. The van der Waals surface area contributed by atoms with Gasteiger partial charge < -0.3 is 20.5 Å². The quantitative estimate of drug-likeness (QED) is 0.558. The van der Waals surface area contributed by atoms with Crippen LogP contribution < -0.4 is 0 Å². The fourth-order valence-electron chi connectivity index (χ4n) is 7.76. The second-order valence-corrected chi connectivity index (χ2v) is 10.2. The van der Waals surface area contributed by atoms with E-state index in [4.69, 9.17) is 0 Å². The van der Waals surface area contributed by atoms with Crippen LogP contribution in [0.5, 0.6) is 0 Å². The normalized spacial score (nSPS) is 45.6. The van der Waals surface area contributed by atoms with Gasteiger partial charge in [0.1, 0.15) is 17.9 Å². The number of ketones is 1. The molecule has 158 valence electrons. The van der Waals surface area contributed by atoms with Crippen molar-refractivity contribution in [1.29, 1.82) is 0 Å². The lowest BCUT2D eigenvalue weighted by atomic mass is 9.45. The first-order valence-electron chi connectivity index (χ1n) is 10.7. The van der Waals surface area contributed by atoms with E-state index in [9.17, 15) is 25.3 Å². The highest BCUT2D eigenvalue weighted by Gasteiger charge is 2.68. The first kappa shape index (κ1) is 19.3. The molecule has 1 heterocycles. The van der Waals surface area contributed by atoms with Gasteiger partial charge in [-0.25, -0.2) is 0 Å². The predicted molar refractivity (Wildman–Crippen MR) is 104 cm³/mol. The van der Waals surface area contributed by atoms with Crippen molar-refractivity contribution >= 4 is 11.9 Å². The standard InChI is InChI=1S/C22H30N2O5/c1-20-8-12-10-23-24(29)16(12)7-13(20)3-4-14-15-5-6-22(28,18(27)11-25)21(15,2)9-17(26)19(14)20/h7,10,14-15,17,19,25-26,28-29H,3-6,8-9,11H2,1-2H3/t14-,15-,17-,19+,20-,21-,22-/m0/s1. The molecule has 0 aromatic carbocycles. The van der Waals surface area contributed by atoms with E-state index < -0.39 is 29.5 Å². The largest absolute Gasteiger partial charge is 0.411 e. The van der Waals surface area contributed by atoms with Gasteiger partial charge in [0.15, 0.2) is 5.78 Å². The second kappa shape index (κ2) is 5.93. The van der Waals surface area contributed by atoms with Gasteiger partial charge in [-0.05, 0) is 67.8 Å². The lowest BCUT2D eigenvalue weighted by Gasteiger charge is -2.60. The SMILES string of the molecule is C[C@]12Cc3cnn(O)c3C=C1CC[C@@H]1[C@@H]2[C@@H](O)C[C@@]2(C)[C@H]1CC[C@]2(O)C(=O)CO. The zero-order valence-electron chi connectivity index (χ0n) is 17.0. The molecule has 3 fully saturated rings. The highest BCUT2D eigenvalue weighted by molar-refractivity contribution is 5.89. The zero-order chi connectivity index (χ0) is 20.8. The van der Waals surface area contributed by atoms with Crippen LogP contribution in [0.15, 0.2) is 11.8 Å². The summed E-state index contributed by atoms with van der Waals surface area (Å²) in [5, 5.41) is 46.1. The van der Waals surface area contributed by atoms with Gasteiger partial charge in [0.2, 0.25) is 0 Å². The number of aliphatic hydroxyl groups is 3. The molecule has 29 heavy (non-hydrogen) atoms. The highest BCUT2D eigenvalue weighted by atomic mass is 16.5. The van der Waals surface area contributed by atoms with Gasteiger partial charge in [-0.2, -0.15) is 0 Å². The maximum atomic E-state index is 12.5. The van der Waals surface area contributed by atoms with E-state index in [2.05, 4.69) is 12.0 Å². The van der Waals surface area contributed by atoms with Crippen molar-refractivity contribution < 1.29 is 25.3 Å². The Kier molecular flexibility index (Phi) is 3.94. The molecule has 1 aromatic rings.